The number of aliphatic hydroxyl groups excluding tert-OH is 1. The Labute approximate surface area is 122 Å². The van der Waals surface area contributed by atoms with Crippen LogP contribution in [-0.2, 0) is 0 Å². The molecule has 0 aliphatic carbocycles. The van der Waals surface area contributed by atoms with Crippen LogP contribution in [0.15, 0.2) is 9.82 Å². The largest absolute Gasteiger partial charge is 0.396 e. The molecule has 0 aromatic carbocycles. The number of amides is 1. The first-order valence-corrected chi connectivity index (χ1v) is 7.76. The molecule has 20 heavy (non-hydrogen) atoms. The summed E-state index contributed by atoms with van der Waals surface area (Å²) in [6, 6.07) is 0. The number of nitrogens with one attached hydrogen (secondary N) is 2. The van der Waals surface area contributed by atoms with Crippen LogP contribution in [-0.4, -0.2) is 40.4 Å². The molecule has 0 fully saturated rings. The molecule has 0 aliphatic rings. The van der Waals surface area contributed by atoms with Gasteiger partial charge in [-0.3, -0.25) is 4.79 Å². The second kappa shape index (κ2) is 8.06. The number of H-pyrrole nitrogens is 1. The van der Waals surface area contributed by atoms with Gasteiger partial charge in [0.1, 0.15) is 5.03 Å². The van der Waals surface area contributed by atoms with E-state index in [4.69, 9.17) is 5.11 Å². The first kappa shape index (κ1) is 16.7. The third-order valence-electron chi connectivity index (χ3n) is 2.98. The maximum absolute atomic E-state index is 12.1. The smallest absolute Gasteiger partial charge is 0.346 e. The molecular formula is C13H21N3O3S. The summed E-state index contributed by atoms with van der Waals surface area (Å²) >= 11 is 1.27. The number of aliphatic hydroxyl groups is 1. The average molecular weight is 299 g/mol. The van der Waals surface area contributed by atoms with E-state index in [9.17, 15) is 9.59 Å². The van der Waals surface area contributed by atoms with E-state index >= 15 is 0 Å². The van der Waals surface area contributed by atoms with E-state index in [-0.39, 0.29) is 18.4 Å². The van der Waals surface area contributed by atoms with Crippen LogP contribution in [0, 0.1) is 12.8 Å². The molecule has 1 unspecified atom stereocenters. The SMILES string of the molecule is CSc1nc(=O)[nH]c(C)c1C(=O)NCCCC(C)CO. The number of carbonyl (C=O) groups excluding carboxylic acids is 1. The first-order valence-electron chi connectivity index (χ1n) is 6.53. The normalized spacial score (nSPS) is 12.2. The number of thioether (sulfide) groups is 1. The van der Waals surface area contributed by atoms with Crippen molar-refractivity contribution in [2.75, 3.05) is 19.4 Å². The highest BCUT2D eigenvalue weighted by molar-refractivity contribution is 7.98. The van der Waals surface area contributed by atoms with Gasteiger partial charge < -0.3 is 15.4 Å². The molecule has 7 heteroatoms. The molecule has 0 saturated heterocycles. The van der Waals surface area contributed by atoms with Crippen molar-refractivity contribution in [3.63, 3.8) is 0 Å². The summed E-state index contributed by atoms with van der Waals surface area (Å²) in [5, 5.41) is 12.2. The monoisotopic (exact) mass is 299 g/mol. The Morgan fingerprint density at radius 1 is 1.55 bits per heavy atom. The summed E-state index contributed by atoms with van der Waals surface area (Å²) in [5.41, 5.74) is 0.503. The van der Waals surface area contributed by atoms with Gasteiger partial charge in [0.05, 0.1) is 5.56 Å². The van der Waals surface area contributed by atoms with Gasteiger partial charge in [0, 0.05) is 18.8 Å². The van der Waals surface area contributed by atoms with Crippen molar-refractivity contribution in [1.29, 1.82) is 0 Å². The summed E-state index contributed by atoms with van der Waals surface area (Å²) in [6.07, 6.45) is 3.44. The lowest BCUT2D eigenvalue weighted by Crippen LogP contribution is -2.28. The maximum atomic E-state index is 12.1. The number of nitrogens with zero attached hydrogens (tertiary/aromatic N) is 1. The van der Waals surface area contributed by atoms with Gasteiger partial charge in [-0.05, 0) is 31.9 Å². The summed E-state index contributed by atoms with van der Waals surface area (Å²) < 4.78 is 0. The van der Waals surface area contributed by atoms with Gasteiger partial charge in [-0.25, -0.2) is 4.79 Å². The number of carbonyl (C=O) groups is 1. The molecule has 1 heterocycles. The molecule has 1 amide bonds. The third kappa shape index (κ3) is 4.64. The summed E-state index contributed by atoms with van der Waals surface area (Å²) in [7, 11) is 0. The molecule has 1 rings (SSSR count). The molecule has 0 spiro atoms. The first-order chi connectivity index (χ1) is 9.49. The lowest BCUT2D eigenvalue weighted by molar-refractivity contribution is 0.0947. The van der Waals surface area contributed by atoms with Crippen LogP contribution in [0.1, 0.15) is 35.8 Å². The van der Waals surface area contributed by atoms with E-state index in [1.54, 1.807) is 13.2 Å². The number of aromatic nitrogens is 2. The zero-order valence-corrected chi connectivity index (χ0v) is 12.8. The van der Waals surface area contributed by atoms with E-state index in [1.165, 1.54) is 11.8 Å². The minimum atomic E-state index is -0.444. The van der Waals surface area contributed by atoms with Gasteiger partial charge in [0.15, 0.2) is 0 Å². The Hall–Kier alpha value is -1.34. The summed E-state index contributed by atoms with van der Waals surface area (Å²) in [6.45, 7) is 4.35. The molecule has 0 aliphatic heterocycles. The van der Waals surface area contributed by atoms with Crippen LogP contribution in [0.25, 0.3) is 0 Å². The number of hydrogen-bond donors (Lipinski definition) is 3. The Kier molecular flexibility index (Phi) is 6.74. The Morgan fingerprint density at radius 2 is 2.25 bits per heavy atom. The highest BCUT2D eigenvalue weighted by Gasteiger charge is 2.16. The molecular weight excluding hydrogens is 278 g/mol. The maximum Gasteiger partial charge on any atom is 0.346 e. The standard InChI is InChI=1S/C13H21N3O3S/c1-8(7-17)5-4-6-14-11(18)10-9(2)15-13(19)16-12(10)20-3/h8,17H,4-7H2,1-3H3,(H,14,18)(H,15,16,19). The van der Waals surface area contributed by atoms with Gasteiger partial charge in [-0.1, -0.05) is 6.92 Å². The fourth-order valence-corrected chi connectivity index (χ4v) is 2.43. The van der Waals surface area contributed by atoms with E-state index in [2.05, 4.69) is 15.3 Å². The lowest BCUT2D eigenvalue weighted by atomic mass is 10.1. The van der Waals surface area contributed by atoms with Gasteiger partial charge in [0.2, 0.25) is 0 Å². The van der Waals surface area contributed by atoms with E-state index in [0.717, 1.165) is 12.8 Å². The second-order valence-electron chi connectivity index (χ2n) is 4.74. The molecule has 1 aromatic rings. The number of aromatic amines is 1. The van der Waals surface area contributed by atoms with Crippen LogP contribution in [0.3, 0.4) is 0 Å². The Balaban J connectivity index is 2.66. The van der Waals surface area contributed by atoms with Crippen molar-refractivity contribution in [2.45, 2.75) is 31.7 Å². The summed E-state index contributed by atoms with van der Waals surface area (Å²) in [4.78, 5) is 29.8. The topological polar surface area (TPSA) is 95.1 Å². The Morgan fingerprint density at radius 3 is 2.85 bits per heavy atom. The summed E-state index contributed by atoms with van der Waals surface area (Å²) in [5.74, 6) is 0.0115. The second-order valence-corrected chi connectivity index (χ2v) is 5.53. The average Bonchev–Trinajstić information content (AvgIpc) is 2.41. The highest BCUT2D eigenvalue weighted by atomic mass is 32.2. The fourth-order valence-electron chi connectivity index (χ4n) is 1.81. The predicted octanol–water partition coefficient (Wildman–Crippen LogP) is 0.939. The minimum absolute atomic E-state index is 0.160. The molecule has 1 aromatic heterocycles. The van der Waals surface area contributed by atoms with Crippen LogP contribution >= 0.6 is 11.8 Å². The highest BCUT2D eigenvalue weighted by Crippen LogP contribution is 2.17. The molecule has 1 atom stereocenters. The predicted molar refractivity (Wildman–Crippen MR) is 79.2 cm³/mol. The quantitative estimate of drug-likeness (QED) is 0.396. The minimum Gasteiger partial charge on any atom is -0.396 e. The van der Waals surface area contributed by atoms with Gasteiger partial charge in [0.25, 0.3) is 5.91 Å². The van der Waals surface area contributed by atoms with Gasteiger partial charge >= 0.3 is 5.69 Å². The molecule has 0 radical (unpaired) electrons. The van der Waals surface area contributed by atoms with Crippen molar-refractivity contribution >= 4 is 17.7 Å². The zero-order valence-electron chi connectivity index (χ0n) is 12.0. The number of rotatable bonds is 7. The molecule has 6 nitrogen and oxygen atoms in total. The van der Waals surface area contributed by atoms with Crippen LogP contribution in [0.4, 0.5) is 0 Å². The molecule has 112 valence electrons. The van der Waals surface area contributed by atoms with Crippen molar-refractivity contribution in [3.8, 4) is 0 Å². The number of aryl methyl sites for hydroxylation is 1. The van der Waals surface area contributed by atoms with Crippen LogP contribution in [0.5, 0.6) is 0 Å². The molecule has 0 saturated carbocycles. The third-order valence-corrected chi connectivity index (χ3v) is 3.66. The fraction of sp³-hybridized carbons (Fsp3) is 0.615. The van der Waals surface area contributed by atoms with E-state index in [0.29, 0.717) is 22.8 Å². The Bertz CT molecular complexity index is 516. The van der Waals surface area contributed by atoms with Crippen LogP contribution in [0.2, 0.25) is 0 Å². The van der Waals surface area contributed by atoms with Crippen molar-refractivity contribution in [1.82, 2.24) is 15.3 Å². The molecule has 3 N–H and O–H groups in total. The van der Waals surface area contributed by atoms with E-state index < -0.39 is 5.69 Å². The van der Waals surface area contributed by atoms with Crippen molar-refractivity contribution < 1.29 is 9.90 Å². The van der Waals surface area contributed by atoms with Crippen LogP contribution < -0.4 is 11.0 Å². The van der Waals surface area contributed by atoms with Crippen molar-refractivity contribution in [2.24, 2.45) is 5.92 Å². The zero-order chi connectivity index (χ0) is 15.1. The molecule has 0 bridgehead atoms. The number of hydrogen-bond acceptors (Lipinski definition) is 5. The van der Waals surface area contributed by atoms with Crippen molar-refractivity contribution in [3.05, 3.63) is 21.7 Å². The van der Waals surface area contributed by atoms with Gasteiger partial charge in [-0.15, -0.1) is 11.8 Å². The van der Waals surface area contributed by atoms with Gasteiger partial charge in [-0.2, -0.15) is 4.98 Å². The lowest BCUT2D eigenvalue weighted by Gasteiger charge is -2.11. The van der Waals surface area contributed by atoms with E-state index in [1.807, 2.05) is 6.92 Å².